The number of aromatic hydroxyl groups is 1. The number of aryl methyl sites for hydroxylation is 1. The van der Waals surface area contributed by atoms with Crippen LogP contribution in [0.25, 0.3) is 10.9 Å². The summed E-state index contributed by atoms with van der Waals surface area (Å²) in [5, 5.41) is 17.2. The predicted molar refractivity (Wildman–Crippen MR) is 120 cm³/mol. The van der Waals surface area contributed by atoms with E-state index in [1.165, 1.54) is 18.6 Å². The van der Waals surface area contributed by atoms with Crippen LogP contribution in [0, 0.1) is 18.7 Å². The van der Waals surface area contributed by atoms with Crippen LogP contribution in [0.2, 0.25) is 0 Å². The maximum absolute atomic E-state index is 14.4. The van der Waals surface area contributed by atoms with Crippen LogP contribution in [-0.4, -0.2) is 36.9 Å². The minimum atomic E-state index is -0.440. The monoisotopic (exact) mass is 425 g/mol. The highest BCUT2D eigenvalue weighted by atomic mass is 19.1. The first kappa shape index (κ1) is 21.2. The number of rotatable bonds is 8. The van der Waals surface area contributed by atoms with Gasteiger partial charge in [-0.2, -0.15) is 0 Å². The van der Waals surface area contributed by atoms with Gasteiger partial charge in [-0.25, -0.2) is 4.39 Å². The molecule has 0 spiro atoms. The average molecular weight is 426 g/mol. The Bertz CT molecular complexity index is 1070. The number of anilines is 2. The van der Waals surface area contributed by atoms with Crippen molar-refractivity contribution in [3.8, 4) is 17.2 Å². The number of hydrogen-bond acceptors (Lipinski definition) is 6. The van der Waals surface area contributed by atoms with E-state index in [0.717, 1.165) is 37.2 Å². The molecular weight excluding hydrogens is 397 g/mol. The predicted octanol–water partition coefficient (Wildman–Crippen LogP) is 4.91. The number of phenols is 1. The number of methoxy groups -OCH3 is 1. The molecule has 1 fully saturated rings. The van der Waals surface area contributed by atoms with E-state index in [2.05, 4.69) is 15.6 Å². The first-order chi connectivity index (χ1) is 15.0. The quantitative estimate of drug-likeness (QED) is 0.445. The summed E-state index contributed by atoms with van der Waals surface area (Å²) in [5.74, 6) is 1.56. The smallest absolute Gasteiger partial charge is 0.163 e. The van der Waals surface area contributed by atoms with E-state index in [4.69, 9.17) is 9.47 Å². The molecule has 1 aliphatic rings. The highest BCUT2D eigenvalue weighted by Gasteiger charge is 2.15. The van der Waals surface area contributed by atoms with Crippen LogP contribution < -0.4 is 20.1 Å². The standard InChI is InChI=1S/C24H28FN3O3/c1-15-10-18(25)21(12-22(15)29)28-19-6-8-27-20-13-24(23(30-2)11-17(19)20)31-9-3-4-16-5-7-26-14-16/h6,8,10-13,16,26,29H,3-5,7,9,14H2,1-2H3,(H,27,28). The molecule has 0 radical (unpaired) electrons. The summed E-state index contributed by atoms with van der Waals surface area (Å²) in [6.07, 6.45) is 5.02. The second-order valence-corrected chi connectivity index (χ2v) is 7.97. The Morgan fingerprint density at radius 2 is 2.10 bits per heavy atom. The number of nitrogens with one attached hydrogen (secondary N) is 2. The Morgan fingerprint density at radius 3 is 2.87 bits per heavy atom. The Morgan fingerprint density at radius 1 is 1.23 bits per heavy atom. The van der Waals surface area contributed by atoms with Crippen molar-refractivity contribution in [3.63, 3.8) is 0 Å². The van der Waals surface area contributed by atoms with E-state index in [1.807, 2.05) is 12.1 Å². The summed E-state index contributed by atoms with van der Waals surface area (Å²) in [7, 11) is 1.60. The lowest BCUT2D eigenvalue weighted by atomic mass is 10.0. The fourth-order valence-electron chi connectivity index (χ4n) is 3.95. The van der Waals surface area contributed by atoms with Crippen molar-refractivity contribution in [2.75, 3.05) is 32.1 Å². The molecule has 4 rings (SSSR count). The van der Waals surface area contributed by atoms with Gasteiger partial charge in [0.15, 0.2) is 11.5 Å². The summed E-state index contributed by atoms with van der Waals surface area (Å²) < 4.78 is 25.9. The number of ether oxygens (including phenoxy) is 2. The average Bonchev–Trinajstić information content (AvgIpc) is 3.28. The molecule has 0 amide bonds. The van der Waals surface area contributed by atoms with Gasteiger partial charge in [0.2, 0.25) is 0 Å². The van der Waals surface area contributed by atoms with Gasteiger partial charge >= 0.3 is 0 Å². The second-order valence-electron chi connectivity index (χ2n) is 7.97. The van der Waals surface area contributed by atoms with E-state index >= 15 is 0 Å². The molecule has 1 unspecified atom stereocenters. The fraction of sp³-hybridized carbons (Fsp3) is 0.375. The van der Waals surface area contributed by atoms with Crippen LogP contribution in [0.15, 0.2) is 36.5 Å². The maximum atomic E-state index is 14.4. The van der Waals surface area contributed by atoms with Crippen LogP contribution in [0.4, 0.5) is 15.8 Å². The molecule has 1 atom stereocenters. The van der Waals surface area contributed by atoms with E-state index < -0.39 is 5.82 Å². The minimum Gasteiger partial charge on any atom is -0.508 e. The Hall–Kier alpha value is -3.06. The number of phenolic OH excluding ortho intramolecular Hbond substituents is 1. The molecule has 2 aromatic carbocycles. The number of benzene rings is 2. The molecule has 3 aromatic rings. The minimum absolute atomic E-state index is 0.0314. The molecule has 0 aliphatic carbocycles. The van der Waals surface area contributed by atoms with Crippen LogP contribution in [0.1, 0.15) is 24.8 Å². The fourth-order valence-corrected chi connectivity index (χ4v) is 3.95. The number of pyridine rings is 1. The molecule has 3 N–H and O–H groups in total. The summed E-state index contributed by atoms with van der Waals surface area (Å²) in [4.78, 5) is 4.44. The lowest BCUT2D eigenvalue weighted by Gasteiger charge is -2.15. The third-order valence-corrected chi connectivity index (χ3v) is 5.76. The molecule has 6 nitrogen and oxygen atoms in total. The molecule has 1 aromatic heterocycles. The van der Waals surface area contributed by atoms with Gasteiger partial charge in [0, 0.05) is 29.4 Å². The first-order valence-electron chi connectivity index (χ1n) is 10.6. The van der Waals surface area contributed by atoms with Gasteiger partial charge in [-0.15, -0.1) is 0 Å². The number of fused-ring (bicyclic) bond motifs is 1. The summed E-state index contributed by atoms with van der Waals surface area (Å²) >= 11 is 0. The van der Waals surface area contributed by atoms with Crippen LogP contribution in [0.3, 0.4) is 0 Å². The SMILES string of the molecule is COc1cc2c(Nc3cc(O)c(C)cc3F)ccnc2cc1OCCCC1CCNC1. The Balaban J connectivity index is 1.54. The third kappa shape index (κ3) is 4.82. The maximum Gasteiger partial charge on any atom is 0.163 e. The van der Waals surface area contributed by atoms with Crippen LogP contribution in [0.5, 0.6) is 17.2 Å². The summed E-state index contributed by atoms with van der Waals surface area (Å²) in [6, 6.07) is 8.13. The molecule has 2 heterocycles. The number of aromatic nitrogens is 1. The van der Waals surface area contributed by atoms with Gasteiger partial charge in [0.25, 0.3) is 0 Å². The molecule has 164 valence electrons. The van der Waals surface area contributed by atoms with Crippen molar-refractivity contribution in [1.82, 2.24) is 10.3 Å². The zero-order valence-corrected chi connectivity index (χ0v) is 17.9. The van der Waals surface area contributed by atoms with Crippen molar-refractivity contribution in [2.45, 2.75) is 26.2 Å². The van der Waals surface area contributed by atoms with E-state index in [0.29, 0.717) is 34.9 Å². The number of hydrogen-bond donors (Lipinski definition) is 3. The molecule has 1 saturated heterocycles. The van der Waals surface area contributed by atoms with Gasteiger partial charge in [-0.3, -0.25) is 4.98 Å². The third-order valence-electron chi connectivity index (χ3n) is 5.76. The Labute approximate surface area is 181 Å². The lowest BCUT2D eigenvalue weighted by Crippen LogP contribution is -2.10. The van der Waals surface area contributed by atoms with Crippen LogP contribution in [-0.2, 0) is 0 Å². The highest BCUT2D eigenvalue weighted by Crippen LogP contribution is 2.36. The van der Waals surface area contributed by atoms with Crippen molar-refractivity contribution in [2.24, 2.45) is 5.92 Å². The number of halogens is 1. The van der Waals surface area contributed by atoms with Gasteiger partial charge in [-0.05, 0) is 69.0 Å². The van der Waals surface area contributed by atoms with Crippen molar-refractivity contribution in [3.05, 3.63) is 47.9 Å². The molecule has 0 saturated carbocycles. The second kappa shape index (κ2) is 9.39. The topological polar surface area (TPSA) is 75.6 Å². The summed E-state index contributed by atoms with van der Waals surface area (Å²) in [6.45, 7) is 4.47. The normalized spacial score (nSPS) is 15.9. The summed E-state index contributed by atoms with van der Waals surface area (Å²) in [5.41, 5.74) is 2.04. The highest BCUT2D eigenvalue weighted by molar-refractivity contribution is 5.95. The Kier molecular flexibility index (Phi) is 6.42. The van der Waals surface area contributed by atoms with E-state index in [9.17, 15) is 9.50 Å². The molecular formula is C24H28FN3O3. The van der Waals surface area contributed by atoms with Gasteiger partial charge in [0.05, 0.1) is 24.9 Å². The van der Waals surface area contributed by atoms with Gasteiger partial charge in [-0.1, -0.05) is 0 Å². The number of nitrogens with zero attached hydrogens (tertiary/aromatic N) is 1. The zero-order valence-electron chi connectivity index (χ0n) is 17.9. The largest absolute Gasteiger partial charge is 0.508 e. The van der Waals surface area contributed by atoms with Gasteiger partial charge in [0.1, 0.15) is 11.6 Å². The lowest BCUT2D eigenvalue weighted by molar-refractivity contribution is 0.278. The first-order valence-corrected chi connectivity index (χ1v) is 10.6. The van der Waals surface area contributed by atoms with E-state index in [-0.39, 0.29) is 11.4 Å². The molecule has 1 aliphatic heterocycles. The zero-order chi connectivity index (χ0) is 21.8. The molecule has 31 heavy (non-hydrogen) atoms. The van der Waals surface area contributed by atoms with Crippen molar-refractivity contribution in [1.29, 1.82) is 0 Å². The molecule has 7 heteroatoms. The van der Waals surface area contributed by atoms with Crippen molar-refractivity contribution >= 4 is 22.3 Å². The van der Waals surface area contributed by atoms with Crippen LogP contribution >= 0.6 is 0 Å². The molecule has 0 bridgehead atoms. The van der Waals surface area contributed by atoms with E-state index in [1.54, 1.807) is 26.3 Å². The van der Waals surface area contributed by atoms with Crippen molar-refractivity contribution < 1.29 is 19.0 Å². The van der Waals surface area contributed by atoms with Gasteiger partial charge < -0.3 is 25.2 Å².